The standard InChI is InChI=1S/C18H23N3O3/c1-19(2)18(24)15-5-3-12-21(15)17(23)13-7-9-14(10-8-13)20-11-4-6-16(20)22/h7-10,15H,3-6,11-12H2,1-2H3. The van der Waals surface area contributed by atoms with Crippen LogP contribution in [0.3, 0.4) is 0 Å². The van der Waals surface area contributed by atoms with Gasteiger partial charge in [-0.1, -0.05) is 0 Å². The lowest BCUT2D eigenvalue weighted by Gasteiger charge is -2.26. The van der Waals surface area contributed by atoms with Crippen LogP contribution in [-0.2, 0) is 9.59 Å². The Balaban J connectivity index is 1.75. The highest BCUT2D eigenvalue weighted by atomic mass is 16.2. The summed E-state index contributed by atoms with van der Waals surface area (Å²) in [6.45, 7) is 1.34. The van der Waals surface area contributed by atoms with E-state index in [9.17, 15) is 14.4 Å². The molecule has 0 bridgehead atoms. The zero-order valence-electron chi connectivity index (χ0n) is 14.2. The summed E-state index contributed by atoms with van der Waals surface area (Å²) in [4.78, 5) is 41.7. The van der Waals surface area contributed by atoms with Gasteiger partial charge in [-0.25, -0.2) is 0 Å². The maximum atomic E-state index is 12.8. The fourth-order valence-corrected chi connectivity index (χ4v) is 3.44. The third kappa shape index (κ3) is 3.00. The van der Waals surface area contributed by atoms with Crippen LogP contribution >= 0.6 is 0 Å². The average molecular weight is 329 g/mol. The van der Waals surface area contributed by atoms with Crippen LogP contribution in [0.2, 0.25) is 0 Å². The number of rotatable bonds is 3. The third-order valence-corrected chi connectivity index (χ3v) is 4.74. The quantitative estimate of drug-likeness (QED) is 0.844. The molecule has 2 fully saturated rings. The van der Waals surface area contributed by atoms with Gasteiger partial charge < -0.3 is 14.7 Å². The van der Waals surface area contributed by atoms with Crippen molar-refractivity contribution in [1.82, 2.24) is 9.80 Å². The molecule has 2 aliphatic rings. The van der Waals surface area contributed by atoms with Gasteiger partial charge in [0.05, 0.1) is 0 Å². The summed E-state index contributed by atoms with van der Waals surface area (Å²) in [6, 6.07) is 6.76. The minimum absolute atomic E-state index is 0.0277. The first kappa shape index (κ1) is 16.5. The molecule has 128 valence electrons. The number of hydrogen-bond acceptors (Lipinski definition) is 3. The second-order valence-corrected chi connectivity index (χ2v) is 6.59. The molecular weight excluding hydrogens is 306 g/mol. The summed E-state index contributed by atoms with van der Waals surface area (Å²) in [7, 11) is 3.43. The van der Waals surface area contributed by atoms with Crippen LogP contribution in [0.5, 0.6) is 0 Å². The van der Waals surface area contributed by atoms with Crippen LogP contribution in [0.1, 0.15) is 36.0 Å². The number of nitrogens with zero attached hydrogens (tertiary/aromatic N) is 3. The normalized spacial score (nSPS) is 20.6. The topological polar surface area (TPSA) is 60.9 Å². The smallest absolute Gasteiger partial charge is 0.254 e. The molecule has 24 heavy (non-hydrogen) atoms. The molecular formula is C18H23N3O3. The minimum atomic E-state index is -0.368. The fraction of sp³-hybridized carbons (Fsp3) is 0.500. The SMILES string of the molecule is CN(C)C(=O)C1CCCN1C(=O)c1ccc(N2CCCC2=O)cc1. The van der Waals surface area contributed by atoms with Gasteiger partial charge >= 0.3 is 0 Å². The number of anilines is 1. The lowest BCUT2D eigenvalue weighted by atomic mass is 10.1. The van der Waals surface area contributed by atoms with Crippen LogP contribution in [0.25, 0.3) is 0 Å². The van der Waals surface area contributed by atoms with Crippen LogP contribution in [0, 0.1) is 0 Å². The fourth-order valence-electron chi connectivity index (χ4n) is 3.44. The number of likely N-dealkylation sites (N-methyl/N-ethyl adjacent to an activating group) is 1. The minimum Gasteiger partial charge on any atom is -0.347 e. The molecule has 6 nitrogen and oxygen atoms in total. The number of carbonyl (C=O) groups is 3. The molecule has 2 aliphatic heterocycles. The first-order valence-electron chi connectivity index (χ1n) is 8.41. The Labute approximate surface area is 142 Å². The Kier molecular flexibility index (Phi) is 4.55. The second kappa shape index (κ2) is 6.63. The van der Waals surface area contributed by atoms with E-state index in [1.54, 1.807) is 40.9 Å². The van der Waals surface area contributed by atoms with Gasteiger partial charge in [0.25, 0.3) is 5.91 Å². The van der Waals surface area contributed by atoms with E-state index in [4.69, 9.17) is 0 Å². The maximum absolute atomic E-state index is 12.8. The summed E-state index contributed by atoms with van der Waals surface area (Å²) in [5, 5.41) is 0. The number of hydrogen-bond donors (Lipinski definition) is 0. The van der Waals surface area contributed by atoms with E-state index in [2.05, 4.69) is 0 Å². The maximum Gasteiger partial charge on any atom is 0.254 e. The number of amides is 3. The molecule has 1 aromatic rings. The Hall–Kier alpha value is -2.37. The molecule has 2 heterocycles. The van der Waals surface area contributed by atoms with E-state index in [1.807, 2.05) is 12.1 Å². The van der Waals surface area contributed by atoms with Crippen molar-refractivity contribution in [3.63, 3.8) is 0 Å². The Morgan fingerprint density at radius 3 is 2.38 bits per heavy atom. The van der Waals surface area contributed by atoms with Gasteiger partial charge in [0, 0.05) is 44.9 Å². The van der Waals surface area contributed by atoms with Gasteiger partial charge in [-0.15, -0.1) is 0 Å². The van der Waals surface area contributed by atoms with Gasteiger partial charge in [-0.05, 0) is 43.5 Å². The van der Waals surface area contributed by atoms with Crippen molar-refractivity contribution >= 4 is 23.4 Å². The van der Waals surface area contributed by atoms with Crippen LogP contribution < -0.4 is 4.90 Å². The third-order valence-electron chi connectivity index (χ3n) is 4.74. The molecule has 2 saturated heterocycles. The summed E-state index contributed by atoms with van der Waals surface area (Å²) < 4.78 is 0. The van der Waals surface area contributed by atoms with Gasteiger partial charge in [0.2, 0.25) is 11.8 Å². The van der Waals surface area contributed by atoms with Crippen LogP contribution in [-0.4, -0.2) is 60.7 Å². The predicted octanol–water partition coefficient (Wildman–Crippen LogP) is 1.51. The van der Waals surface area contributed by atoms with E-state index in [0.29, 0.717) is 24.9 Å². The second-order valence-electron chi connectivity index (χ2n) is 6.59. The molecule has 1 atom stereocenters. The average Bonchev–Trinajstić information content (AvgIpc) is 3.22. The monoisotopic (exact) mass is 329 g/mol. The Morgan fingerprint density at radius 1 is 1.08 bits per heavy atom. The number of carbonyl (C=O) groups excluding carboxylic acids is 3. The summed E-state index contributed by atoms with van der Waals surface area (Å²) >= 11 is 0. The number of likely N-dealkylation sites (tertiary alicyclic amines) is 1. The Morgan fingerprint density at radius 2 is 1.79 bits per heavy atom. The molecule has 0 aromatic heterocycles. The Bertz CT molecular complexity index is 654. The van der Waals surface area contributed by atoms with Gasteiger partial charge in [0.15, 0.2) is 0 Å². The molecule has 0 saturated carbocycles. The lowest BCUT2D eigenvalue weighted by molar-refractivity contribution is -0.132. The highest BCUT2D eigenvalue weighted by molar-refractivity contribution is 5.99. The molecule has 3 amide bonds. The van der Waals surface area contributed by atoms with E-state index < -0.39 is 0 Å². The van der Waals surface area contributed by atoms with Crippen molar-refractivity contribution in [3.8, 4) is 0 Å². The largest absolute Gasteiger partial charge is 0.347 e. The molecule has 0 N–H and O–H groups in total. The van der Waals surface area contributed by atoms with Crippen molar-refractivity contribution in [2.75, 3.05) is 32.1 Å². The molecule has 6 heteroatoms. The molecule has 0 aliphatic carbocycles. The zero-order chi connectivity index (χ0) is 17.3. The van der Waals surface area contributed by atoms with E-state index in [0.717, 1.165) is 25.1 Å². The highest BCUT2D eigenvalue weighted by Crippen LogP contribution is 2.24. The molecule has 1 unspecified atom stereocenters. The lowest BCUT2D eigenvalue weighted by Crippen LogP contribution is -2.45. The van der Waals surface area contributed by atoms with E-state index in [1.165, 1.54) is 0 Å². The molecule has 0 radical (unpaired) electrons. The van der Waals surface area contributed by atoms with Gasteiger partial charge in [0.1, 0.15) is 6.04 Å². The van der Waals surface area contributed by atoms with Crippen molar-refractivity contribution in [3.05, 3.63) is 29.8 Å². The van der Waals surface area contributed by atoms with Crippen molar-refractivity contribution in [2.24, 2.45) is 0 Å². The van der Waals surface area contributed by atoms with Crippen LogP contribution in [0.4, 0.5) is 5.69 Å². The van der Waals surface area contributed by atoms with Crippen molar-refractivity contribution < 1.29 is 14.4 Å². The molecule has 1 aromatic carbocycles. The van der Waals surface area contributed by atoms with Gasteiger partial charge in [-0.3, -0.25) is 14.4 Å². The summed E-state index contributed by atoms with van der Waals surface area (Å²) in [6.07, 6.45) is 3.02. The molecule has 0 spiro atoms. The summed E-state index contributed by atoms with van der Waals surface area (Å²) in [5.41, 5.74) is 1.39. The van der Waals surface area contributed by atoms with Gasteiger partial charge in [-0.2, -0.15) is 0 Å². The molecule has 3 rings (SSSR count). The van der Waals surface area contributed by atoms with Crippen LogP contribution in [0.15, 0.2) is 24.3 Å². The number of benzene rings is 1. The summed E-state index contributed by atoms with van der Waals surface area (Å²) in [5.74, 6) is -0.0163. The van der Waals surface area contributed by atoms with Crippen molar-refractivity contribution in [2.45, 2.75) is 31.7 Å². The van der Waals surface area contributed by atoms with Crippen molar-refractivity contribution in [1.29, 1.82) is 0 Å². The first-order valence-corrected chi connectivity index (χ1v) is 8.41. The predicted molar refractivity (Wildman–Crippen MR) is 90.8 cm³/mol. The van der Waals surface area contributed by atoms with E-state index in [-0.39, 0.29) is 23.8 Å². The zero-order valence-corrected chi connectivity index (χ0v) is 14.2. The first-order chi connectivity index (χ1) is 11.5. The highest BCUT2D eigenvalue weighted by Gasteiger charge is 2.35. The van der Waals surface area contributed by atoms with E-state index >= 15 is 0 Å².